The Balaban J connectivity index is 2.48. The lowest BCUT2D eigenvalue weighted by molar-refractivity contribution is 0.465. The molecule has 0 saturated carbocycles. The van der Waals surface area contributed by atoms with Crippen molar-refractivity contribution in [3.8, 4) is 0 Å². The second-order valence-electron chi connectivity index (χ2n) is 5.07. The van der Waals surface area contributed by atoms with Crippen molar-refractivity contribution in [3.63, 3.8) is 0 Å². The maximum atomic E-state index is 12.7. The van der Waals surface area contributed by atoms with Crippen molar-refractivity contribution >= 4 is 21.7 Å². The molecule has 1 aliphatic rings. The maximum Gasteiger partial charge on any atom is 0.268 e. The molecule has 5 nitrogen and oxygen atoms in total. The van der Waals surface area contributed by atoms with Crippen molar-refractivity contribution in [3.05, 3.63) is 24.3 Å². The lowest BCUT2D eigenvalue weighted by Gasteiger charge is -2.34. The maximum absolute atomic E-state index is 12.7. The summed E-state index contributed by atoms with van der Waals surface area (Å²) >= 11 is 0. The third-order valence-corrected chi connectivity index (χ3v) is 5.15. The van der Waals surface area contributed by atoms with Crippen molar-refractivity contribution in [1.82, 2.24) is 4.31 Å². The third kappa shape index (κ3) is 2.65. The lowest BCUT2D eigenvalue weighted by atomic mass is 10.3. The van der Waals surface area contributed by atoms with Gasteiger partial charge in [0.05, 0.1) is 5.69 Å². The molecule has 0 spiro atoms. The number of hydrogen-bond acceptors (Lipinski definition) is 3. The lowest BCUT2D eigenvalue weighted by Crippen LogP contribution is -2.48. The van der Waals surface area contributed by atoms with Gasteiger partial charge in [-0.25, -0.2) is 12.7 Å². The molecule has 1 aromatic carbocycles. The molecule has 0 radical (unpaired) electrons. The fourth-order valence-corrected chi connectivity index (χ4v) is 3.91. The van der Waals surface area contributed by atoms with Crippen LogP contribution in [0.4, 0.5) is 5.69 Å². The van der Waals surface area contributed by atoms with E-state index in [4.69, 9.17) is 0 Å². The van der Waals surface area contributed by atoms with Crippen molar-refractivity contribution in [2.24, 2.45) is 4.99 Å². The SMILES string of the molecule is CCCCN=C1Nc2ccccc2S(=O)(=O)N1C(C)C. The monoisotopic (exact) mass is 295 g/mol. The average Bonchev–Trinajstić information content (AvgIpc) is 2.38. The highest BCUT2D eigenvalue weighted by Crippen LogP contribution is 2.30. The molecular weight excluding hydrogens is 274 g/mol. The van der Waals surface area contributed by atoms with E-state index in [0.717, 1.165) is 12.8 Å². The van der Waals surface area contributed by atoms with Gasteiger partial charge in [-0.1, -0.05) is 25.5 Å². The zero-order valence-corrected chi connectivity index (χ0v) is 12.9. The van der Waals surface area contributed by atoms with E-state index >= 15 is 0 Å². The van der Waals surface area contributed by atoms with Crippen LogP contribution in [0, 0.1) is 0 Å². The third-order valence-electron chi connectivity index (χ3n) is 3.12. The van der Waals surface area contributed by atoms with Crippen LogP contribution in [0.15, 0.2) is 34.2 Å². The summed E-state index contributed by atoms with van der Waals surface area (Å²) in [7, 11) is -3.53. The molecule has 1 aliphatic heterocycles. The zero-order chi connectivity index (χ0) is 14.8. The van der Waals surface area contributed by atoms with E-state index < -0.39 is 10.0 Å². The van der Waals surface area contributed by atoms with Crippen LogP contribution >= 0.6 is 0 Å². The van der Waals surface area contributed by atoms with Gasteiger partial charge in [0.2, 0.25) is 5.96 Å². The van der Waals surface area contributed by atoms with E-state index in [1.54, 1.807) is 18.2 Å². The van der Waals surface area contributed by atoms with Crippen LogP contribution in [0.2, 0.25) is 0 Å². The largest absolute Gasteiger partial charge is 0.324 e. The van der Waals surface area contributed by atoms with Crippen molar-refractivity contribution in [2.45, 2.75) is 44.6 Å². The fraction of sp³-hybridized carbons (Fsp3) is 0.500. The molecule has 20 heavy (non-hydrogen) atoms. The van der Waals surface area contributed by atoms with Gasteiger partial charge >= 0.3 is 0 Å². The van der Waals surface area contributed by atoms with Gasteiger partial charge in [0.15, 0.2) is 0 Å². The molecule has 0 saturated heterocycles. The number of unbranched alkanes of at least 4 members (excludes halogenated alkanes) is 1. The van der Waals surface area contributed by atoms with Crippen molar-refractivity contribution in [1.29, 1.82) is 0 Å². The Kier molecular flexibility index (Phi) is 4.32. The topological polar surface area (TPSA) is 61.8 Å². The van der Waals surface area contributed by atoms with E-state index in [1.165, 1.54) is 4.31 Å². The molecule has 1 aromatic rings. The van der Waals surface area contributed by atoms with Gasteiger partial charge in [-0.05, 0) is 32.4 Å². The van der Waals surface area contributed by atoms with Crippen LogP contribution in [-0.4, -0.2) is 31.3 Å². The summed E-state index contributed by atoms with van der Waals surface area (Å²) in [6.45, 7) is 6.41. The molecule has 0 amide bonds. The molecule has 0 aromatic heterocycles. The molecule has 0 unspecified atom stereocenters. The minimum Gasteiger partial charge on any atom is -0.324 e. The minimum absolute atomic E-state index is 0.179. The number of nitrogens with one attached hydrogen (secondary N) is 1. The van der Waals surface area contributed by atoms with Crippen LogP contribution in [0.25, 0.3) is 0 Å². The summed E-state index contributed by atoms with van der Waals surface area (Å²) in [5.74, 6) is 0.423. The summed E-state index contributed by atoms with van der Waals surface area (Å²) in [5.41, 5.74) is 0.597. The van der Waals surface area contributed by atoms with E-state index in [2.05, 4.69) is 17.2 Å². The number of nitrogens with zero attached hydrogens (tertiary/aromatic N) is 2. The molecule has 0 fully saturated rings. The number of benzene rings is 1. The Morgan fingerprint density at radius 2 is 2.00 bits per heavy atom. The number of aliphatic imine (C=N–C) groups is 1. The Hall–Kier alpha value is -1.56. The van der Waals surface area contributed by atoms with Crippen molar-refractivity contribution < 1.29 is 8.42 Å². The highest BCUT2D eigenvalue weighted by Gasteiger charge is 2.36. The average molecular weight is 295 g/mol. The highest BCUT2D eigenvalue weighted by atomic mass is 32.2. The summed E-state index contributed by atoms with van der Waals surface area (Å²) in [6.07, 6.45) is 1.97. The quantitative estimate of drug-likeness (QED) is 0.869. The fourth-order valence-electron chi connectivity index (χ4n) is 2.16. The first-order valence-corrected chi connectivity index (χ1v) is 8.37. The molecule has 0 bridgehead atoms. The van der Waals surface area contributed by atoms with Crippen LogP contribution in [0.1, 0.15) is 33.6 Å². The smallest absolute Gasteiger partial charge is 0.268 e. The van der Waals surface area contributed by atoms with E-state index in [1.807, 2.05) is 19.9 Å². The van der Waals surface area contributed by atoms with Crippen LogP contribution in [-0.2, 0) is 10.0 Å². The number of rotatable bonds is 4. The van der Waals surface area contributed by atoms with Crippen LogP contribution in [0.3, 0.4) is 0 Å². The van der Waals surface area contributed by atoms with E-state index in [9.17, 15) is 8.42 Å². The predicted octanol–water partition coefficient (Wildman–Crippen LogP) is 2.67. The van der Waals surface area contributed by atoms with Gasteiger partial charge in [0.1, 0.15) is 4.90 Å². The minimum atomic E-state index is -3.53. The number of guanidine groups is 1. The summed E-state index contributed by atoms with van der Waals surface area (Å²) in [5, 5.41) is 3.14. The molecule has 2 rings (SSSR count). The van der Waals surface area contributed by atoms with Crippen LogP contribution < -0.4 is 5.32 Å². The van der Waals surface area contributed by atoms with Gasteiger partial charge in [0.25, 0.3) is 10.0 Å². The van der Waals surface area contributed by atoms with Gasteiger partial charge in [0, 0.05) is 12.6 Å². The normalized spacial score (nSPS) is 19.0. The molecule has 1 heterocycles. The molecule has 0 atom stereocenters. The molecule has 0 aliphatic carbocycles. The highest BCUT2D eigenvalue weighted by molar-refractivity contribution is 7.90. The second-order valence-corrected chi connectivity index (χ2v) is 6.86. The van der Waals surface area contributed by atoms with Gasteiger partial charge < -0.3 is 5.32 Å². The first kappa shape index (κ1) is 14.8. The van der Waals surface area contributed by atoms with Gasteiger partial charge in [-0.3, -0.25) is 4.99 Å². The Bertz CT molecular complexity index is 609. The number of hydrogen-bond donors (Lipinski definition) is 1. The van der Waals surface area contributed by atoms with E-state index in [-0.39, 0.29) is 6.04 Å². The van der Waals surface area contributed by atoms with Gasteiger partial charge in [-0.2, -0.15) is 0 Å². The number of sulfonamides is 1. The Morgan fingerprint density at radius 1 is 1.30 bits per heavy atom. The summed E-state index contributed by atoms with van der Waals surface area (Å²) in [6, 6.07) is 6.75. The molecule has 6 heteroatoms. The summed E-state index contributed by atoms with van der Waals surface area (Å²) < 4.78 is 26.8. The first-order chi connectivity index (χ1) is 9.48. The Labute approximate surface area is 120 Å². The molecular formula is C14H21N3O2S. The van der Waals surface area contributed by atoms with E-state index in [0.29, 0.717) is 23.1 Å². The second kappa shape index (κ2) is 5.83. The summed E-state index contributed by atoms with van der Waals surface area (Å²) in [4.78, 5) is 4.73. The van der Waals surface area contributed by atoms with Crippen molar-refractivity contribution in [2.75, 3.05) is 11.9 Å². The predicted molar refractivity (Wildman–Crippen MR) is 81.4 cm³/mol. The molecule has 110 valence electrons. The number of para-hydroxylation sites is 1. The first-order valence-electron chi connectivity index (χ1n) is 6.93. The standard InChI is InChI=1S/C14H21N3O2S/c1-4-5-10-15-14-16-12-8-6-7-9-13(12)20(18,19)17(14)11(2)3/h6-9,11H,4-5,10H2,1-3H3,(H,15,16). The number of fused-ring (bicyclic) bond motifs is 1. The van der Waals surface area contributed by atoms with Crippen LogP contribution in [0.5, 0.6) is 0 Å². The van der Waals surface area contributed by atoms with Gasteiger partial charge in [-0.15, -0.1) is 0 Å². The number of anilines is 1. The molecule has 1 N–H and O–H groups in total. The zero-order valence-electron chi connectivity index (χ0n) is 12.1. The Morgan fingerprint density at radius 3 is 2.65 bits per heavy atom.